The minimum Gasteiger partial charge on any atom is -0.376 e. The zero-order chi connectivity index (χ0) is 14.3. The quantitative estimate of drug-likeness (QED) is 0.797. The number of hydrogen-bond acceptors (Lipinski definition) is 3. The molecule has 0 unspecified atom stereocenters. The second-order valence-electron chi connectivity index (χ2n) is 5.58. The highest BCUT2D eigenvalue weighted by Gasteiger charge is 2.38. The van der Waals surface area contributed by atoms with E-state index >= 15 is 0 Å². The van der Waals surface area contributed by atoms with Crippen LogP contribution in [0, 0.1) is 0 Å². The lowest BCUT2D eigenvalue weighted by atomic mass is 9.80. The standard InChI is InChI=1S/C14H21ClN4O/c1-4-10-12-13(18(2)17-10)19(11(8-15)16-12)9-14(20-3)6-5-7-14/h4-9H2,1-3H3. The Kier molecular flexibility index (Phi) is 3.50. The fourth-order valence-corrected chi connectivity index (χ4v) is 3.28. The average Bonchev–Trinajstić information content (AvgIpc) is 2.92. The maximum atomic E-state index is 6.09. The molecular weight excluding hydrogens is 276 g/mol. The van der Waals surface area contributed by atoms with E-state index in [1.54, 1.807) is 7.11 Å². The number of nitrogens with zero attached hydrogens (tertiary/aromatic N) is 4. The molecule has 2 aromatic rings. The molecule has 1 fully saturated rings. The van der Waals surface area contributed by atoms with Gasteiger partial charge in [-0.1, -0.05) is 6.92 Å². The molecule has 1 aliphatic rings. The monoisotopic (exact) mass is 296 g/mol. The van der Waals surface area contributed by atoms with Crippen LogP contribution in [-0.4, -0.2) is 32.0 Å². The summed E-state index contributed by atoms with van der Waals surface area (Å²) < 4.78 is 9.85. The van der Waals surface area contributed by atoms with E-state index in [9.17, 15) is 0 Å². The zero-order valence-electron chi connectivity index (χ0n) is 12.3. The van der Waals surface area contributed by atoms with Gasteiger partial charge in [0.05, 0.1) is 23.7 Å². The van der Waals surface area contributed by atoms with Gasteiger partial charge in [0, 0.05) is 14.2 Å². The van der Waals surface area contributed by atoms with E-state index in [0.29, 0.717) is 5.88 Å². The number of imidazole rings is 1. The summed E-state index contributed by atoms with van der Waals surface area (Å²) in [5.41, 5.74) is 3.02. The number of halogens is 1. The van der Waals surface area contributed by atoms with Crippen LogP contribution in [-0.2, 0) is 30.6 Å². The fourth-order valence-electron chi connectivity index (χ4n) is 3.08. The molecule has 110 valence electrons. The summed E-state index contributed by atoms with van der Waals surface area (Å²) >= 11 is 6.09. The van der Waals surface area contributed by atoms with E-state index in [1.165, 1.54) is 6.42 Å². The van der Waals surface area contributed by atoms with Crippen LogP contribution in [0.25, 0.3) is 11.2 Å². The highest BCUT2D eigenvalue weighted by molar-refractivity contribution is 6.16. The van der Waals surface area contributed by atoms with Crippen LogP contribution in [0.15, 0.2) is 0 Å². The van der Waals surface area contributed by atoms with Crippen molar-refractivity contribution in [1.82, 2.24) is 19.3 Å². The summed E-state index contributed by atoms with van der Waals surface area (Å²) in [6.45, 7) is 2.91. The predicted molar refractivity (Wildman–Crippen MR) is 79.0 cm³/mol. The number of fused-ring (bicyclic) bond motifs is 1. The van der Waals surface area contributed by atoms with Gasteiger partial charge in [0.1, 0.15) is 11.3 Å². The number of ether oxygens (including phenoxy) is 1. The molecule has 0 N–H and O–H groups in total. The van der Waals surface area contributed by atoms with Crippen LogP contribution in [0.2, 0.25) is 0 Å². The van der Waals surface area contributed by atoms with Gasteiger partial charge in [0.15, 0.2) is 5.65 Å². The third-order valence-corrected chi connectivity index (χ3v) is 4.71. The molecule has 1 aliphatic carbocycles. The highest BCUT2D eigenvalue weighted by Crippen LogP contribution is 2.38. The van der Waals surface area contributed by atoms with Crippen molar-refractivity contribution in [3.63, 3.8) is 0 Å². The first kappa shape index (κ1) is 13.9. The molecule has 0 radical (unpaired) electrons. The Morgan fingerprint density at radius 3 is 2.65 bits per heavy atom. The molecule has 0 aliphatic heterocycles. The second kappa shape index (κ2) is 5.04. The fraction of sp³-hybridized carbons (Fsp3) is 0.714. The Bertz CT molecular complexity index is 621. The van der Waals surface area contributed by atoms with Gasteiger partial charge in [-0.3, -0.25) is 4.68 Å². The smallest absolute Gasteiger partial charge is 0.158 e. The molecule has 0 atom stereocenters. The molecule has 3 rings (SSSR count). The van der Waals surface area contributed by atoms with E-state index in [0.717, 1.165) is 48.5 Å². The molecule has 0 amide bonds. The number of alkyl halides is 1. The van der Waals surface area contributed by atoms with Crippen molar-refractivity contribution in [3.8, 4) is 0 Å². The normalized spacial score (nSPS) is 17.6. The maximum absolute atomic E-state index is 6.09. The van der Waals surface area contributed by atoms with Gasteiger partial charge in [-0.25, -0.2) is 4.98 Å². The van der Waals surface area contributed by atoms with Crippen molar-refractivity contribution < 1.29 is 4.74 Å². The van der Waals surface area contributed by atoms with Gasteiger partial charge < -0.3 is 9.30 Å². The van der Waals surface area contributed by atoms with Crippen molar-refractivity contribution in [2.24, 2.45) is 7.05 Å². The lowest BCUT2D eigenvalue weighted by molar-refractivity contribution is -0.0833. The number of methoxy groups -OCH3 is 1. The maximum Gasteiger partial charge on any atom is 0.158 e. The van der Waals surface area contributed by atoms with Gasteiger partial charge in [0.2, 0.25) is 0 Å². The number of rotatable bonds is 5. The van der Waals surface area contributed by atoms with Gasteiger partial charge >= 0.3 is 0 Å². The van der Waals surface area contributed by atoms with Crippen LogP contribution in [0.1, 0.15) is 37.7 Å². The molecule has 20 heavy (non-hydrogen) atoms. The summed E-state index contributed by atoms with van der Waals surface area (Å²) in [4.78, 5) is 4.69. The van der Waals surface area contributed by atoms with Crippen LogP contribution in [0.4, 0.5) is 0 Å². The first-order valence-corrected chi connectivity index (χ1v) is 7.69. The third-order valence-electron chi connectivity index (χ3n) is 4.47. The van der Waals surface area contributed by atoms with Gasteiger partial charge in [-0.05, 0) is 25.7 Å². The molecule has 1 saturated carbocycles. The topological polar surface area (TPSA) is 44.9 Å². The van der Waals surface area contributed by atoms with E-state index < -0.39 is 0 Å². The Hall–Kier alpha value is -1.07. The average molecular weight is 297 g/mol. The van der Waals surface area contributed by atoms with E-state index in [4.69, 9.17) is 21.3 Å². The zero-order valence-corrected chi connectivity index (χ0v) is 13.1. The first-order valence-electron chi connectivity index (χ1n) is 7.16. The summed E-state index contributed by atoms with van der Waals surface area (Å²) in [7, 11) is 3.77. The summed E-state index contributed by atoms with van der Waals surface area (Å²) in [5.74, 6) is 1.32. The summed E-state index contributed by atoms with van der Waals surface area (Å²) in [6.07, 6.45) is 4.31. The van der Waals surface area contributed by atoms with Crippen molar-refractivity contribution in [2.45, 2.75) is 50.6 Å². The van der Waals surface area contributed by atoms with E-state index in [2.05, 4.69) is 16.6 Å². The van der Waals surface area contributed by atoms with Crippen LogP contribution in [0.3, 0.4) is 0 Å². The highest BCUT2D eigenvalue weighted by atomic mass is 35.5. The number of hydrogen-bond donors (Lipinski definition) is 0. The van der Waals surface area contributed by atoms with Crippen LogP contribution in [0.5, 0.6) is 0 Å². The van der Waals surface area contributed by atoms with Gasteiger partial charge in [-0.2, -0.15) is 5.10 Å². The van der Waals surface area contributed by atoms with E-state index in [-0.39, 0.29) is 5.60 Å². The molecule has 0 aromatic carbocycles. The van der Waals surface area contributed by atoms with Crippen LogP contribution < -0.4 is 0 Å². The lowest BCUT2D eigenvalue weighted by Crippen LogP contribution is -2.43. The molecule has 6 heteroatoms. The minimum atomic E-state index is -0.0505. The lowest BCUT2D eigenvalue weighted by Gasteiger charge is -2.41. The van der Waals surface area contributed by atoms with E-state index in [1.807, 2.05) is 11.7 Å². The summed E-state index contributed by atoms with van der Waals surface area (Å²) in [6, 6.07) is 0. The molecule has 0 bridgehead atoms. The van der Waals surface area contributed by atoms with Gasteiger partial charge in [0.25, 0.3) is 0 Å². The Morgan fingerprint density at radius 2 is 2.15 bits per heavy atom. The molecular formula is C14H21ClN4O. The number of aryl methyl sites for hydroxylation is 2. The molecule has 0 spiro atoms. The largest absolute Gasteiger partial charge is 0.376 e. The first-order chi connectivity index (χ1) is 9.64. The number of aromatic nitrogens is 4. The SMILES string of the molecule is CCc1nn(C)c2c1nc(CCl)n2CC1(OC)CCC1. The molecule has 2 aromatic heterocycles. The summed E-state index contributed by atoms with van der Waals surface area (Å²) in [5, 5.41) is 4.55. The van der Waals surface area contributed by atoms with Crippen molar-refractivity contribution in [3.05, 3.63) is 11.5 Å². The van der Waals surface area contributed by atoms with Gasteiger partial charge in [-0.15, -0.1) is 11.6 Å². The Labute approximate surface area is 123 Å². The van der Waals surface area contributed by atoms with Crippen molar-refractivity contribution in [1.29, 1.82) is 0 Å². The molecule has 2 heterocycles. The Morgan fingerprint density at radius 1 is 1.40 bits per heavy atom. The van der Waals surface area contributed by atoms with Crippen molar-refractivity contribution in [2.75, 3.05) is 7.11 Å². The molecule has 0 saturated heterocycles. The second-order valence-corrected chi connectivity index (χ2v) is 5.85. The molecule has 5 nitrogen and oxygen atoms in total. The predicted octanol–water partition coefficient (Wildman–Crippen LogP) is 2.64. The minimum absolute atomic E-state index is 0.0505. The Balaban J connectivity index is 2.10. The third kappa shape index (κ3) is 1.95. The van der Waals surface area contributed by atoms with Crippen molar-refractivity contribution >= 4 is 22.8 Å². The van der Waals surface area contributed by atoms with Crippen LogP contribution >= 0.6 is 11.6 Å².